The van der Waals surface area contributed by atoms with E-state index in [4.69, 9.17) is 14.2 Å². The number of morpholine rings is 1. The average molecular weight is 547 g/mol. The summed E-state index contributed by atoms with van der Waals surface area (Å²) in [7, 11) is 0. The Morgan fingerprint density at radius 1 is 1.32 bits per heavy atom. The van der Waals surface area contributed by atoms with Gasteiger partial charge in [-0.1, -0.05) is 6.07 Å². The van der Waals surface area contributed by atoms with Crippen molar-refractivity contribution < 1.29 is 14.2 Å². The van der Waals surface area contributed by atoms with Crippen molar-refractivity contribution in [1.82, 2.24) is 15.6 Å². The van der Waals surface area contributed by atoms with Gasteiger partial charge in [-0.2, -0.15) is 0 Å². The predicted octanol–water partition coefficient (Wildman–Crippen LogP) is 2.42. The van der Waals surface area contributed by atoms with E-state index in [1.54, 1.807) is 0 Å². The maximum atomic E-state index is 5.76. The number of nitrogens with zero attached hydrogens (tertiary/aromatic N) is 3. The Kier molecular flexibility index (Phi) is 12.5. The van der Waals surface area contributed by atoms with Crippen molar-refractivity contribution >= 4 is 35.8 Å². The molecule has 3 rings (SSSR count). The molecular formula is C22H38IN5O3. The van der Waals surface area contributed by atoms with E-state index in [2.05, 4.69) is 51.5 Å². The van der Waals surface area contributed by atoms with Crippen LogP contribution >= 0.6 is 24.0 Å². The van der Waals surface area contributed by atoms with Crippen LogP contribution in [0, 0.1) is 5.92 Å². The van der Waals surface area contributed by atoms with Crippen LogP contribution in [0.2, 0.25) is 0 Å². The van der Waals surface area contributed by atoms with Crippen LogP contribution in [0.15, 0.2) is 23.3 Å². The van der Waals surface area contributed by atoms with Crippen LogP contribution in [0.25, 0.3) is 0 Å². The minimum atomic E-state index is 0. The summed E-state index contributed by atoms with van der Waals surface area (Å²) in [5.41, 5.74) is 1.10. The van der Waals surface area contributed by atoms with Gasteiger partial charge in [0.2, 0.25) is 0 Å². The van der Waals surface area contributed by atoms with Gasteiger partial charge in [0.15, 0.2) is 5.96 Å². The van der Waals surface area contributed by atoms with E-state index in [0.29, 0.717) is 12.5 Å². The number of nitrogens with one attached hydrogen (secondary N) is 2. The summed E-state index contributed by atoms with van der Waals surface area (Å²) in [6.07, 6.45) is 4.24. The Hall–Kier alpha value is -1.17. The van der Waals surface area contributed by atoms with E-state index < -0.39 is 0 Å². The molecule has 0 spiro atoms. The highest BCUT2D eigenvalue weighted by Gasteiger charge is 2.17. The molecule has 2 atom stereocenters. The third-order valence-corrected chi connectivity index (χ3v) is 5.27. The van der Waals surface area contributed by atoms with E-state index in [-0.39, 0.29) is 30.1 Å². The minimum Gasteiger partial charge on any atom is -0.381 e. The Labute approximate surface area is 203 Å². The first-order valence-electron chi connectivity index (χ1n) is 11.2. The highest BCUT2D eigenvalue weighted by molar-refractivity contribution is 14.0. The van der Waals surface area contributed by atoms with E-state index in [9.17, 15) is 0 Å². The van der Waals surface area contributed by atoms with Crippen LogP contribution in [0.1, 0.15) is 32.3 Å². The van der Waals surface area contributed by atoms with Crippen molar-refractivity contribution in [3.05, 3.63) is 23.9 Å². The van der Waals surface area contributed by atoms with Gasteiger partial charge in [0.25, 0.3) is 0 Å². The number of halogens is 1. The van der Waals surface area contributed by atoms with Crippen molar-refractivity contribution in [1.29, 1.82) is 0 Å². The molecule has 0 radical (unpaired) electrons. The second kappa shape index (κ2) is 14.8. The summed E-state index contributed by atoms with van der Waals surface area (Å²) in [5, 5.41) is 6.67. The van der Waals surface area contributed by atoms with Crippen molar-refractivity contribution in [3.8, 4) is 0 Å². The lowest BCUT2D eigenvalue weighted by atomic mass is 10.1. The molecule has 0 bridgehead atoms. The summed E-state index contributed by atoms with van der Waals surface area (Å²) in [6, 6.07) is 4.19. The number of anilines is 1. The number of hydrogen-bond acceptors (Lipinski definition) is 6. The normalized spacial score (nSPS) is 21.6. The number of aliphatic imine (C=N–C) groups is 1. The first-order chi connectivity index (χ1) is 14.7. The number of pyridine rings is 1. The molecule has 9 heteroatoms. The van der Waals surface area contributed by atoms with Crippen LogP contribution < -0.4 is 15.5 Å². The average Bonchev–Trinajstić information content (AvgIpc) is 3.28. The smallest absolute Gasteiger partial charge is 0.191 e. The Morgan fingerprint density at radius 3 is 2.94 bits per heavy atom. The first-order valence-corrected chi connectivity index (χ1v) is 11.2. The second-order valence-corrected chi connectivity index (χ2v) is 7.93. The SMILES string of the molecule is CCNC(=NCc1ccc(N2CCOC(C)C2)nc1)NCCCOCC1CCOC1.I. The van der Waals surface area contributed by atoms with Crippen LogP contribution in [-0.2, 0) is 20.8 Å². The molecule has 0 amide bonds. The van der Waals surface area contributed by atoms with Crippen molar-refractivity contribution in [2.45, 2.75) is 39.3 Å². The van der Waals surface area contributed by atoms with Crippen LogP contribution in [0.4, 0.5) is 5.82 Å². The maximum Gasteiger partial charge on any atom is 0.191 e. The molecule has 2 aliphatic rings. The van der Waals surface area contributed by atoms with Crippen LogP contribution in [0.5, 0.6) is 0 Å². The monoisotopic (exact) mass is 547 g/mol. The number of guanidine groups is 1. The molecule has 0 saturated carbocycles. The summed E-state index contributed by atoms with van der Waals surface area (Å²) in [4.78, 5) is 11.6. The van der Waals surface area contributed by atoms with E-state index in [1.807, 2.05) is 6.20 Å². The molecule has 0 aliphatic carbocycles. The van der Waals surface area contributed by atoms with Crippen molar-refractivity contribution in [3.63, 3.8) is 0 Å². The van der Waals surface area contributed by atoms with Gasteiger partial charge < -0.3 is 29.7 Å². The van der Waals surface area contributed by atoms with Gasteiger partial charge in [-0.3, -0.25) is 0 Å². The summed E-state index contributed by atoms with van der Waals surface area (Å²) in [5.74, 6) is 2.41. The molecular weight excluding hydrogens is 509 g/mol. The molecule has 1 aromatic heterocycles. The topological polar surface area (TPSA) is 80.2 Å². The van der Waals surface area contributed by atoms with Gasteiger partial charge in [-0.25, -0.2) is 9.98 Å². The first kappa shape index (κ1) is 26.1. The molecule has 8 nitrogen and oxygen atoms in total. The van der Waals surface area contributed by atoms with Crippen LogP contribution in [-0.4, -0.2) is 76.3 Å². The van der Waals surface area contributed by atoms with Gasteiger partial charge in [-0.15, -0.1) is 24.0 Å². The quantitative estimate of drug-likeness (QED) is 0.202. The number of aromatic nitrogens is 1. The molecule has 2 N–H and O–H groups in total. The largest absolute Gasteiger partial charge is 0.381 e. The molecule has 176 valence electrons. The lowest BCUT2D eigenvalue weighted by Gasteiger charge is -2.32. The van der Waals surface area contributed by atoms with Crippen LogP contribution in [0.3, 0.4) is 0 Å². The predicted molar refractivity (Wildman–Crippen MR) is 134 cm³/mol. The lowest BCUT2D eigenvalue weighted by Crippen LogP contribution is -2.41. The fourth-order valence-electron chi connectivity index (χ4n) is 3.58. The molecule has 31 heavy (non-hydrogen) atoms. The van der Waals surface area contributed by atoms with Gasteiger partial charge >= 0.3 is 0 Å². The number of hydrogen-bond donors (Lipinski definition) is 2. The van der Waals surface area contributed by atoms with Gasteiger partial charge in [0, 0.05) is 51.5 Å². The molecule has 2 unspecified atom stereocenters. The summed E-state index contributed by atoms with van der Waals surface area (Å²) in [6.45, 7) is 12.3. The third kappa shape index (κ3) is 9.46. The van der Waals surface area contributed by atoms with E-state index in [1.165, 1.54) is 0 Å². The molecule has 1 aromatic rings. The second-order valence-electron chi connectivity index (χ2n) is 7.93. The number of rotatable bonds is 10. The molecule has 3 heterocycles. The fourth-order valence-corrected chi connectivity index (χ4v) is 3.58. The molecule has 2 fully saturated rings. The van der Waals surface area contributed by atoms with Crippen molar-refractivity contribution in [2.75, 3.05) is 64.1 Å². The highest BCUT2D eigenvalue weighted by atomic mass is 127. The molecule has 2 saturated heterocycles. The van der Waals surface area contributed by atoms with E-state index >= 15 is 0 Å². The van der Waals surface area contributed by atoms with E-state index in [0.717, 1.165) is 89.4 Å². The summed E-state index contributed by atoms with van der Waals surface area (Å²) < 4.78 is 16.7. The van der Waals surface area contributed by atoms with Gasteiger partial charge in [0.05, 0.1) is 32.5 Å². The Balaban J connectivity index is 0.00000341. The fraction of sp³-hybridized carbons (Fsp3) is 0.727. The van der Waals surface area contributed by atoms with Gasteiger partial charge in [0.1, 0.15) is 5.82 Å². The zero-order chi connectivity index (χ0) is 21.0. The molecule has 2 aliphatic heterocycles. The lowest BCUT2D eigenvalue weighted by molar-refractivity contribution is 0.0529. The minimum absolute atomic E-state index is 0. The number of ether oxygens (including phenoxy) is 3. The maximum absolute atomic E-state index is 5.76. The zero-order valence-electron chi connectivity index (χ0n) is 18.8. The molecule has 0 aromatic carbocycles. The zero-order valence-corrected chi connectivity index (χ0v) is 21.2. The standard InChI is InChI=1S/C22H37N5O3.HI/c1-3-23-22(24-8-4-10-28-16-20-7-11-29-17-20)26-14-19-5-6-21(25-13-19)27-9-12-30-18(2)15-27;/h5-6,13,18,20H,3-4,7-12,14-17H2,1-2H3,(H2,23,24,26);1H. The summed E-state index contributed by atoms with van der Waals surface area (Å²) >= 11 is 0. The third-order valence-electron chi connectivity index (χ3n) is 5.27. The Bertz CT molecular complexity index is 641. The Morgan fingerprint density at radius 2 is 2.23 bits per heavy atom. The van der Waals surface area contributed by atoms with Crippen molar-refractivity contribution in [2.24, 2.45) is 10.9 Å². The highest BCUT2D eigenvalue weighted by Crippen LogP contribution is 2.16. The van der Waals surface area contributed by atoms with Gasteiger partial charge in [-0.05, 0) is 38.3 Å².